The number of esters is 1. The van der Waals surface area contributed by atoms with Gasteiger partial charge in [0.25, 0.3) is 0 Å². The second-order valence-corrected chi connectivity index (χ2v) is 3.97. The maximum atomic E-state index is 11.0. The molecule has 0 spiro atoms. The van der Waals surface area contributed by atoms with Crippen molar-refractivity contribution in [2.45, 2.75) is 38.5 Å². The van der Waals surface area contributed by atoms with Crippen molar-refractivity contribution in [3.05, 3.63) is 11.6 Å². The Morgan fingerprint density at radius 3 is 2.69 bits per heavy atom. The maximum absolute atomic E-state index is 11.0. The third-order valence-electron chi connectivity index (χ3n) is 3.07. The van der Waals surface area contributed by atoms with E-state index in [4.69, 9.17) is 4.74 Å². The van der Waals surface area contributed by atoms with Gasteiger partial charge in [0.05, 0.1) is 6.61 Å². The molecule has 2 rings (SSSR count). The topological polar surface area (TPSA) is 26.3 Å². The predicted molar refractivity (Wildman–Crippen MR) is 50.2 cm³/mol. The summed E-state index contributed by atoms with van der Waals surface area (Å²) >= 11 is 0. The number of carbonyl (C=O) groups excluding carboxylic acids is 1. The minimum atomic E-state index is -0.133. The van der Waals surface area contributed by atoms with Crippen LogP contribution >= 0.6 is 0 Å². The molecule has 0 aromatic carbocycles. The Kier molecular flexibility index (Phi) is 2.67. The van der Waals surface area contributed by atoms with Crippen molar-refractivity contribution in [3.8, 4) is 0 Å². The Hall–Kier alpha value is -0.790. The van der Waals surface area contributed by atoms with Gasteiger partial charge in [0, 0.05) is 12.5 Å². The molecule has 1 fully saturated rings. The molecule has 1 heterocycles. The first-order valence-corrected chi connectivity index (χ1v) is 5.23. The highest BCUT2D eigenvalue weighted by molar-refractivity contribution is 5.83. The van der Waals surface area contributed by atoms with Gasteiger partial charge < -0.3 is 4.74 Å². The molecule has 0 aromatic heterocycles. The number of carbonyl (C=O) groups is 1. The number of cyclic esters (lactones) is 1. The van der Waals surface area contributed by atoms with Crippen LogP contribution in [0.1, 0.15) is 38.5 Å². The summed E-state index contributed by atoms with van der Waals surface area (Å²) in [5.74, 6) is 0.549. The zero-order valence-electron chi connectivity index (χ0n) is 7.92. The van der Waals surface area contributed by atoms with E-state index in [0.717, 1.165) is 6.42 Å². The molecule has 1 saturated carbocycles. The molecule has 2 aliphatic rings. The first-order valence-electron chi connectivity index (χ1n) is 5.23. The van der Waals surface area contributed by atoms with Crippen LogP contribution in [0.15, 0.2) is 11.6 Å². The van der Waals surface area contributed by atoms with Gasteiger partial charge in [0.2, 0.25) is 0 Å². The summed E-state index contributed by atoms with van der Waals surface area (Å²) in [7, 11) is 0. The van der Waals surface area contributed by atoms with Gasteiger partial charge in [0.15, 0.2) is 0 Å². The van der Waals surface area contributed by atoms with Crippen molar-refractivity contribution in [2.24, 2.45) is 5.92 Å². The predicted octanol–water partition coefficient (Wildman–Crippen LogP) is 2.44. The van der Waals surface area contributed by atoms with Crippen molar-refractivity contribution in [1.29, 1.82) is 0 Å². The molecule has 0 aromatic rings. The SMILES string of the molecule is O=C1C=C(C2CCCCC2)CCO1. The Morgan fingerprint density at radius 1 is 1.23 bits per heavy atom. The third kappa shape index (κ3) is 2.11. The molecule has 2 heteroatoms. The average Bonchev–Trinajstić information content (AvgIpc) is 2.19. The lowest BCUT2D eigenvalue weighted by molar-refractivity contribution is -0.138. The quantitative estimate of drug-likeness (QED) is 0.579. The summed E-state index contributed by atoms with van der Waals surface area (Å²) in [4.78, 5) is 11.0. The molecular formula is C11H16O2. The van der Waals surface area contributed by atoms with Crippen LogP contribution in [-0.2, 0) is 9.53 Å². The molecule has 1 aliphatic carbocycles. The minimum Gasteiger partial charge on any atom is -0.462 e. The van der Waals surface area contributed by atoms with Crippen LogP contribution in [0, 0.1) is 5.92 Å². The van der Waals surface area contributed by atoms with Gasteiger partial charge in [-0.3, -0.25) is 0 Å². The van der Waals surface area contributed by atoms with Crippen molar-refractivity contribution < 1.29 is 9.53 Å². The van der Waals surface area contributed by atoms with Gasteiger partial charge >= 0.3 is 5.97 Å². The van der Waals surface area contributed by atoms with Crippen LogP contribution in [0.5, 0.6) is 0 Å². The van der Waals surface area contributed by atoms with E-state index in [2.05, 4.69) is 0 Å². The molecule has 1 aliphatic heterocycles. The summed E-state index contributed by atoms with van der Waals surface area (Å²) < 4.78 is 4.88. The van der Waals surface area contributed by atoms with E-state index >= 15 is 0 Å². The van der Waals surface area contributed by atoms with Crippen LogP contribution in [0.2, 0.25) is 0 Å². The maximum Gasteiger partial charge on any atom is 0.330 e. The van der Waals surface area contributed by atoms with Gasteiger partial charge in [-0.15, -0.1) is 0 Å². The van der Waals surface area contributed by atoms with Crippen molar-refractivity contribution >= 4 is 5.97 Å². The van der Waals surface area contributed by atoms with Crippen LogP contribution in [0.3, 0.4) is 0 Å². The van der Waals surface area contributed by atoms with Gasteiger partial charge in [-0.2, -0.15) is 0 Å². The molecular weight excluding hydrogens is 164 g/mol. The normalized spacial score (nSPS) is 25.2. The van der Waals surface area contributed by atoms with E-state index in [1.54, 1.807) is 6.08 Å². The third-order valence-corrected chi connectivity index (χ3v) is 3.07. The molecule has 0 unspecified atom stereocenters. The monoisotopic (exact) mass is 180 g/mol. The summed E-state index contributed by atoms with van der Waals surface area (Å²) in [6.45, 7) is 0.598. The lowest BCUT2D eigenvalue weighted by Gasteiger charge is -2.26. The molecule has 72 valence electrons. The van der Waals surface area contributed by atoms with Gasteiger partial charge in [-0.1, -0.05) is 24.8 Å². The second-order valence-electron chi connectivity index (χ2n) is 3.97. The molecule has 0 bridgehead atoms. The lowest BCUT2D eigenvalue weighted by Crippen LogP contribution is -2.17. The van der Waals surface area contributed by atoms with Crippen molar-refractivity contribution in [1.82, 2.24) is 0 Å². The van der Waals surface area contributed by atoms with Crippen LogP contribution in [0.25, 0.3) is 0 Å². The lowest BCUT2D eigenvalue weighted by atomic mass is 9.82. The standard InChI is InChI=1S/C11H16O2/c12-11-8-10(6-7-13-11)9-4-2-1-3-5-9/h8-9H,1-7H2. The summed E-state index contributed by atoms with van der Waals surface area (Å²) in [5, 5.41) is 0. The highest BCUT2D eigenvalue weighted by Crippen LogP contribution is 2.32. The molecule has 0 saturated heterocycles. The second kappa shape index (κ2) is 3.95. The number of hydrogen-bond acceptors (Lipinski definition) is 2. The Morgan fingerprint density at radius 2 is 2.00 bits per heavy atom. The largest absolute Gasteiger partial charge is 0.462 e. The molecule has 0 atom stereocenters. The smallest absolute Gasteiger partial charge is 0.330 e. The van der Waals surface area contributed by atoms with E-state index in [1.807, 2.05) is 0 Å². The Labute approximate surface area is 79.0 Å². The van der Waals surface area contributed by atoms with Gasteiger partial charge in [-0.05, 0) is 18.8 Å². The summed E-state index contributed by atoms with van der Waals surface area (Å²) in [6.07, 6.45) is 9.27. The first kappa shape index (κ1) is 8.79. The zero-order valence-corrected chi connectivity index (χ0v) is 7.92. The van der Waals surface area contributed by atoms with E-state index in [9.17, 15) is 4.79 Å². The van der Waals surface area contributed by atoms with Gasteiger partial charge in [0.1, 0.15) is 0 Å². The average molecular weight is 180 g/mol. The Bertz CT molecular complexity index is 224. The number of ether oxygens (including phenoxy) is 1. The zero-order chi connectivity index (χ0) is 9.10. The highest BCUT2D eigenvalue weighted by atomic mass is 16.5. The minimum absolute atomic E-state index is 0.133. The molecule has 0 N–H and O–H groups in total. The first-order chi connectivity index (χ1) is 6.36. The van der Waals surface area contributed by atoms with E-state index in [0.29, 0.717) is 12.5 Å². The molecule has 2 nitrogen and oxygen atoms in total. The molecule has 0 amide bonds. The number of rotatable bonds is 1. The van der Waals surface area contributed by atoms with Crippen LogP contribution < -0.4 is 0 Å². The van der Waals surface area contributed by atoms with Crippen molar-refractivity contribution in [2.75, 3.05) is 6.61 Å². The van der Waals surface area contributed by atoms with Crippen LogP contribution in [-0.4, -0.2) is 12.6 Å². The molecule has 13 heavy (non-hydrogen) atoms. The fourth-order valence-corrected chi connectivity index (χ4v) is 2.33. The summed E-state index contributed by atoms with van der Waals surface area (Å²) in [6, 6.07) is 0. The van der Waals surface area contributed by atoms with Crippen LogP contribution in [0.4, 0.5) is 0 Å². The van der Waals surface area contributed by atoms with E-state index in [1.165, 1.54) is 37.7 Å². The summed E-state index contributed by atoms with van der Waals surface area (Å²) in [5.41, 5.74) is 1.34. The van der Waals surface area contributed by atoms with E-state index in [-0.39, 0.29) is 5.97 Å². The van der Waals surface area contributed by atoms with E-state index < -0.39 is 0 Å². The van der Waals surface area contributed by atoms with Gasteiger partial charge in [-0.25, -0.2) is 4.79 Å². The number of hydrogen-bond donors (Lipinski definition) is 0. The fraction of sp³-hybridized carbons (Fsp3) is 0.727. The molecule has 0 radical (unpaired) electrons. The fourth-order valence-electron chi connectivity index (χ4n) is 2.33. The Balaban J connectivity index is 2.01. The van der Waals surface area contributed by atoms with Crippen molar-refractivity contribution in [3.63, 3.8) is 0 Å². The highest BCUT2D eigenvalue weighted by Gasteiger charge is 2.21.